The summed E-state index contributed by atoms with van der Waals surface area (Å²) in [4.78, 5) is 26.1. The molecule has 0 atom stereocenters. The summed E-state index contributed by atoms with van der Waals surface area (Å²) in [6.45, 7) is 10.3. The topological polar surface area (TPSA) is 49.4 Å². The monoisotopic (exact) mass is 378 g/mol. The van der Waals surface area contributed by atoms with Gasteiger partial charge in [-0.05, 0) is 55.0 Å². The third-order valence-electron chi connectivity index (χ3n) is 4.72. The van der Waals surface area contributed by atoms with E-state index in [1.807, 2.05) is 45.0 Å². The molecule has 0 heterocycles. The van der Waals surface area contributed by atoms with Gasteiger partial charge in [0.1, 0.15) is 0 Å². The molecule has 2 rings (SSSR count). The van der Waals surface area contributed by atoms with Crippen LogP contribution in [0.1, 0.15) is 47.6 Å². The van der Waals surface area contributed by atoms with Crippen molar-refractivity contribution >= 4 is 23.6 Å². The van der Waals surface area contributed by atoms with E-state index >= 15 is 0 Å². The maximum atomic E-state index is 12.4. The molecule has 0 saturated carbocycles. The molecule has 0 spiro atoms. The SMILES string of the molecule is Cc1cc(C)c(NC(=O)CN(C)C(=O)/C=C/c2ccc(C(C)C)cc2)c(C)c1. The fourth-order valence-corrected chi connectivity index (χ4v) is 3.14. The number of hydrogen-bond donors (Lipinski definition) is 1. The van der Waals surface area contributed by atoms with E-state index in [2.05, 4.69) is 31.3 Å². The van der Waals surface area contributed by atoms with Gasteiger partial charge in [-0.3, -0.25) is 9.59 Å². The summed E-state index contributed by atoms with van der Waals surface area (Å²) in [6.07, 6.45) is 3.27. The Kier molecular flexibility index (Phi) is 7.16. The first kappa shape index (κ1) is 21.4. The zero-order valence-electron chi connectivity index (χ0n) is 17.7. The summed E-state index contributed by atoms with van der Waals surface area (Å²) >= 11 is 0. The number of carbonyl (C=O) groups is 2. The molecule has 28 heavy (non-hydrogen) atoms. The standard InChI is InChI=1S/C24H30N2O2/c1-16(2)21-10-7-20(8-11-21)9-12-23(28)26(6)15-22(27)25-24-18(4)13-17(3)14-19(24)5/h7-14,16H,15H2,1-6H3,(H,25,27)/b12-9+. The molecule has 0 aliphatic heterocycles. The summed E-state index contributed by atoms with van der Waals surface area (Å²) < 4.78 is 0. The normalized spacial score (nSPS) is 11.1. The number of nitrogens with one attached hydrogen (secondary N) is 1. The van der Waals surface area contributed by atoms with Crippen molar-refractivity contribution in [3.8, 4) is 0 Å². The highest BCUT2D eigenvalue weighted by Gasteiger charge is 2.13. The number of anilines is 1. The van der Waals surface area contributed by atoms with Crippen molar-refractivity contribution in [2.75, 3.05) is 18.9 Å². The van der Waals surface area contributed by atoms with Gasteiger partial charge in [-0.25, -0.2) is 0 Å². The van der Waals surface area contributed by atoms with Crippen LogP contribution in [0.25, 0.3) is 6.08 Å². The molecule has 2 amide bonds. The minimum absolute atomic E-state index is 0.00220. The lowest BCUT2D eigenvalue weighted by atomic mass is 10.0. The van der Waals surface area contributed by atoms with E-state index in [4.69, 9.17) is 0 Å². The Morgan fingerprint density at radius 1 is 1.04 bits per heavy atom. The predicted molar refractivity (Wildman–Crippen MR) is 116 cm³/mol. The number of amides is 2. The van der Waals surface area contributed by atoms with Gasteiger partial charge in [0, 0.05) is 18.8 Å². The van der Waals surface area contributed by atoms with E-state index in [0.717, 1.165) is 27.9 Å². The molecule has 0 fully saturated rings. The second-order valence-electron chi connectivity index (χ2n) is 7.67. The number of aryl methyl sites for hydroxylation is 3. The average molecular weight is 379 g/mol. The van der Waals surface area contributed by atoms with Crippen molar-refractivity contribution < 1.29 is 9.59 Å². The van der Waals surface area contributed by atoms with Crippen LogP contribution in [0, 0.1) is 20.8 Å². The van der Waals surface area contributed by atoms with Crippen LogP contribution in [-0.2, 0) is 9.59 Å². The minimum Gasteiger partial charge on any atom is -0.333 e. The van der Waals surface area contributed by atoms with E-state index < -0.39 is 0 Å². The maximum Gasteiger partial charge on any atom is 0.246 e. The van der Waals surface area contributed by atoms with Crippen LogP contribution in [0.4, 0.5) is 5.69 Å². The fraction of sp³-hybridized carbons (Fsp3) is 0.333. The second kappa shape index (κ2) is 9.36. The first-order chi connectivity index (χ1) is 13.2. The summed E-state index contributed by atoms with van der Waals surface area (Å²) in [7, 11) is 1.63. The van der Waals surface area contributed by atoms with E-state index in [0.29, 0.717) is 5.92 Å². The lowest BCUT2D eigenvalue weighted by Crippen LogP contribution is -2.34. The van der Waals surface area contributed by atoms with E-state index in [1.54, 1.807) is 13.1 Å². The van der Waals surface area contributed by atoms with Crippen molar-refractivity contribution in [3.63, 3.8) is 0 Å². The van der Waals surface area contributed by atoms with Gasteiger partial charge in [-0.2, -0.15) is 0 Å². The Bertz CT molecular complexity index is 857. The van der Waals surface area contributed by atoms with Crippen molar-refractivity contribution in [2.24, 2.45) is 0 Å². The second-order valence-corrected chi connectivity index (χ2v) is 7.67. The van der Waals surface area contributed by atoms with Gasteiger partial charge in [0.2, 0.25) is 11.8 Å². The van der Waals surface area contributed by atoms with Gasteiger partial charge in [0.05, 0.1) is 6.54 Å². The zero-order chi connectivity index (χ0) is 20.8. The van der Waals surface area contributed by atoms with Crippen molar-refractivity contribution in [2.45, 2.75) is 40.5 Å². The molecular weight excluding hydrogens is 348 g/mol. The first-order valence-electron chi connectivity index (χ1n) is 9.58. The van der Waals surface area contributed by atoms with Crippen molar-refractivity contribution in [1.29, 1.82) is 0 Å². The first-order valence-corrected chi connectivity index (χ1v) is 9.58. The Labute approximate surface area is 168 Å². The summed E-state index contributed by atoms with van der Waals surface area (Å²) in [5.41, 5.74) is 6.23. The highest BCUT2D eigenvalue weighted by atomic mass is 16.2. The molecule has 2 aromatic rings. The Balaban J connectivity index is 1.95. The van der Waals surface area contributed by atoms with E-state index in [9.17, 15) is 9.59 Å². The Hall–Kier alpha value is -2.88. The fourth-order valence-electron chi connectivity index (χ4n) is 3.14. The van der Waals surface area contributed by atoms with Crippen LogP contribution in [0.2, 0.25) is 0 Å². The number of carbonyl (C=O) groups excluding carboxylic acids is 2. The molecule has 2 aromatic carbocycles. The predicted octanol–water partition coefficient (Wildman–Crippen LogP) is 4.85. The minimum atomic E-state index is -0.208. The molecule has 0 bridgehead atoms. The lowest BCUT2D eigenvalue weighted by molar-refractivity contribution is -0.129. The number of hydrogen-bond acceptors (Lipinski definition) is 2. The largest absolute Gasteiger partial charge is 0.333 e. The number of nitrogens with zero attached hydrogens (tertiary/aromatic N) is 1. The summed E-state index contributed by atoms with van der Waals surface area (Å²) in [6, 6.07) is 12.2. The Morgan fingerprint density at radius 3 is 2.14 bits per heavy atom. The van der Waals surface area contributed by atoms with Crippen LogP contribution in [-0.4, -0.2) is 30.3 Å². The van der Waals surface area contributed by atoms with Crippen LogP contribution in [0.5, 0.6) is 0 Å². The number of benzene rings is 2. The van der Waals surface area contributed by atoms with Crippen LogP contribution in [0.3, 0.4) is 0 Å². The van der Waals surface area contributed by atoms with E-state index in [1.165, 1.54) is 16.5 Å². The number of rotatable bonds is 6. The van der Waals surface area contributed by atoms with Crippen molar-refractivity contribution in [1.82, 2.24) is 4.90 Å². The van der Waals surface area contributed by atoms with Crippen LogP contribution >= 0.6 is 0 Å². The average Bonchev–Trinajstić information content (AvgIpc) is 2.62. The highest BCUT2D eigenvalue weighted by molar-refractivity contribution is 5.98. The molecule has 0 aromatic heterocycles. The lowest BCUT2D eigenvalue weighted by Gasteiger charge is -2.17. The molecule has 4 nitrogen and oxygen atoms in total. The van der Waals surface area contributed by atoms with Crippen LogP contribution < -0.4 is 5.32 Å². The number of likely N-dealkylation sites (N-methyl/N-ethyl adjacent to an activating group) is 1. The van der Waals surface area contributed by atoms with Crippen molar-refractivity contribution in [3.05, 3.63) is 70.3 Å². The molecule has 0 aliphatic rings. The van der Waals surface area contributed by atoms with Gasteiger partial charge in [-0.1, -0.05) is 55.8 Å². The van der Waals surface area contributed by atoms with Gasteiger partial charge >= 0.3 is 0 Å². The molecule has 148 valence electrons. The highest BCUT2D eigenvalue weighted by Crippen LogP contribution is 2.21. The summed E-state index contributed by atoms with van der Waals surface area (Å²) in [5, 5.41) is 2.93. The molecule has 1 N–H and O–H groups in total. The zero-order valence-corrected chi connectivity index (χ0v) is 17.7. The van der Waals surface area contributed by atoms with Gasteiger partial charge in [0.15, 0.2) is 0 Å². The van der Waals surface area contributed by atoms with E-state index in [-0.39, 0.29) is 18.4 Å². The third kappa shape index (κ3) is 5.81. The van der Waals surface area contributed by atoms with Gasteiger partial charge in [-0.15, -0.1) is 0 Å². The molecule has 4 heteroatoms. The van der Waals surface area contributed by atoms with Gasteiger partial charge < -0.3 is 10.2 Å². The van der Waals surface area contributed by atoms with Crippen LogP contribution in [0.15, 0.2) is 42.5 Å². The molecule has 0 saturated heterocycles. The molecule has 0 aliphatic carbocycles. The third-order valence-corrected chi connectivity index (χ3v) is 4.72. The maximum absolute atomic E-state index is 12.4. The quantitative estimate of drug-likeness (QED) is 0.731. The van der Waals surface area contributed by atoms with Gasteiger partial charge in [0.25, 0.3) is 0 Å². The molecule has 0 radical (unpaired) electrons. The summed E-state index contributed by atoms with van der Waals surface area (Å²) in [5.74, 6) is 0.0612. The molecule has 0 unspecified atom stereocenters. The smallest absolute Gasteiger partial charge is 0.246 e. The Morgan fingerprint density at radius 2 is 1.61 bits per heavy atom. The molecular formula is C24H30N2O2.